The first-order valence-corrected chi connectivity index (χ1v) is 7.55. The van der Waals surface area contributed by atoms with Crippen LogP contribution in [0.25, 0.3) is 11.0 Å². The van der Waals surface area contributed by atoms with Crippen molar-refractivity contribution < 1.29 is 23.5 Å². The Balaban J connectivity index is 2.31. The van der Waals surface area contributed by atoms with Gasteiger partial charge in [0, 0.05) is 6.07 Å². The average Bonchev–Trinajstić information content (AvgIpc) is 2.51. The number of fused-ring (bicyclic) bond motifs is 1. The number of ether oxygens (including phenoxy) is 1. The molecule has 0 spiro atoms. The molecule has 1 atom stereocenters. The van der Waals surface area contributed by atoms with Crippen LogP contribution in [0.15, 0.2) is 33.5 Å². The third-order valence-corrected chi connectivity index (χ3v) is 3.43. The molecule has 0 aliphatic carbocycles. The van der Waals surface area contributed by atoms with Crippen LogP contribution < -0.4 is 16.5 Å². The molecule has 0 aliphatic rings. The molecule has 8 nitrogen and oxygen atoms in total. The second-order valence-corrected chi connectivity index (χ2v) is 5.90. The number of nitrogens with one attached hydrogen (secondary N) is 1. The first-order valence-electron chi connectivity index (χ1n) is 7.55. The van der Waals surface area contributed by atoms with Gasteiger partial charge in [0.15, 0.2) is 11.5 Å². The Morgan fingerprint density at radius 1 is 1.20 bits per heavy atom. The number of amides is 3. The van der Waals surface area contributed by atoms with Gasteiger partial charge in [-0.2, -0.15) is 0 Å². The van der Waals surface area contributed by atoms with E-state index in [1.165, 1.54) is 0 Å². The fraction of sp³-hybridized carbons (Fsp3) is 0.294. The summed E-state index contributed by atoms with van der Waals surface area (Å²) in [5.41, 5.74) is 5.60. The number of urea groups is 1. The third-order valence-electron chi connectivity index (χ3n) is 3.43. The van der Waals surface area contributed by atoms with Crippen LogP contribution in [-0.2, 0) is 9.53 Å². The topological polar surface area (TPSA) is 129 Å². The molecule has 0 bridgehead atoms. The lowest BCUT2D eigenvalue weighted by molar-refractivity contribution is -0.131. The Morgan fingerprint density at radius 3 is 2.48 bits per heavy atom. The normalized spacial score (nSPS) is 12.0. The van der Waals surface area contributed by atoms with Crippen LogP contribution in [0.3, 0.4) is 0 Å². The highest BCUT2D eigenvalue weighted by Crippen LogP contribution is 2.16. The molecule has 1 aromatic heterocycles. The van der Waals surface area contributed by atoms with E-state index < -0.39 is 35.4 Å². The zero-order chi connectivity index (χ0) is 18.7. The summed E-state index contributed by atoms with van der Waals surface area (Å²) in [5, 5.41) is 2.20. The molecular formula is C17H18N2O6. The van der Waals surface area contributed by atoms with Gasteiger partial charge in [0.25, 0.3) is 5.91 Å². The van der Waals surface area contributed by atoms with Crippen molar-refractivity contribution in [2.75, 3.05) is 0 Å². The van der Waals surface area contributed by atoms with Crippen LogP contribution in [-0.4, -0.2) is 24.0 Å². The third kappa shape index (κ3) is 4.23. The molecule has 2 rings (SSSR count). The Morgan fingerprint density at radius 2 is 1.88 bits per heavy atom. The number of rotatable bonds is 4. The number of aryl methyl sites for hydroxylation is 1. The van der Waals surface area contributed by atoms with Gasteiger partial charge in [0.05, 0.1) is 5.39 Å². The molecule has 0 saturated heterocycles. The molecule has 0 unspecified atom stereocenters. The van der Waals surface area contributed by atoms with Crippen LogP contribution >= 0.6 is 0 Å². The molecular weight excluding hydrogens is 328 g/mol. The van der Waals surface area contributed by atoms with Gasteiger partial charge in [-0.25, -0.2) is 9.59 Å². The summed E-state index contributed by atoms with van der Waals surface area (Å²) in [6.07, 6.45) is -1.26. The molecule has 0 aliphatic heterocycles. The van der Waals surface area contributed by atoms with Gasteiger partial charge in [0.1, 0.15) is 5.58 Å². The highest BCUT2D eigenvalue weighted by atomic mass is 16.6. The van der Waals surface area contributed by atoms with Crippen molar-refractivity contribution >= 4 is 28.9 Å². The van der Waals surface area contributed by atoms with Gasteiger partial charge in [-0.05, 0) is 25.0 Å². The fourth-order valence-electron chi connectivity index (χ4n) is 2.23. The number of carbonyl (C=O) groups is 3. The predicted octanol–water partition coefficient (Wildman–Crippen LogP) is 1.48. The number of imide groups is 1. The summed E-state index contributed by atoms with van der Waals surface area (Å²) in [7, 11) is 0. The van der Waals surface area contributed by atoms with Crippen molar-refractivity contribution in [3.05, 3.63) is 45.8 Å². The van der Waals surface area contributed by atoms with Crippen LogP contribution in [0, 0.1) is 12.8 Å². The van der Waals surface area contributed by atoms with Crippen molar-refractivity contribution in [3.8, 4) is 0 Å². The maximum absolute atomic E-state index is 12.3. The van der Waals surface area contributed by atoms with E-state index >= 15 is 0 Å². The molecule has 1 aromatic carbocycles. The fourth-order valence-corrected chi connectivity index (χ4v) is 2.23. The van der Waals surface area contributed by atoms with Gasteiger partial charge >= 0.3 is 12.0 Å². The van der Waals surface area contributed by atoms with Crippen molar-refractivity contribution in [3.63, 3.8) is 0 Å². The molecule has 0 radical (unpaired) electrons. The zero-order valence-corrected chi connectivity index (χ0v) is 14.0. The number of hydrogen-bond donors (Lipinski definition) is 2. The molecule has 3 N–H and O–H groups in total. The highest BCUT2D eigenvalue weighted by Gasteiger charge is 2.29. The van der Waals surface area contributed by atoms with E-state index in [4.69, 9.17) is 14.9 Å². The van der Waals surface area contributed by atoms with Gasteiger partial charge in [-0.3, -0.25) is 14.9 Å². The molecule has 1 heterocycles. The minimum atomic E-state index is -1.26. The van der Waals surface area contributed by atoms with Crippen LogP contribution in [0.4, 0.5) is 4.79 Å². The summed E-state index contributed by atoms with van der Waals surface area (Å²) in [6, 6.07) is 4.90. The standard InChI is InChI=1S/C17H18N2O6/c1-8(2)14(15(21)19-17(18)23)25-16(22)13-7-11(20)10-6-9(3)4-5-12(10)24-13/h4-8,14H,1-3H3,(H3,18,19,21,23)/t14-/m0/s1. The Hall–Kier alpha value is -3.16. The average molecular weight is 346 g/mol. The number of esters is 1. The van der Waals surface area contributed by atoms with E-state index in [1.807, 2.05) is 12.2 Å². The lowest BCUT2D eigenvalue weighted by atomic mass is 10.1. The quantitative estimate of drug-likeness (QED) is 0.807. The molecule has 0 fully saturated rings. The largest absolute Gasteiger partial charge is 0.449 e. The Bertz CT molecular complexity index is 900. The van der Waals surface area contributed by atoms with E-state index in [2.05, 4.69) is 0 Å². The number of nitrogens with two attached hydrogens (primary N) is 1. The molecule has 25 heavy (non-hydrogen) atoms. The molecule has 8 heteroatoms. The SMILES string of the molecule is Cc1ccc2oc(C(=O)O[C@H](C(=O)NC(N)=O)C(C)C)cc(=O)c2c1. The van der Waals surface area contributed by atoms with Crippen LogP contribution in [0.2, 0.25) is 0 Å². The molecule has 0 saturated carbocycles. The zero-order valence-electron chi connectivity index (χ0n) is 14.0. The predicted molar refractivity (Wildman–Crippen MR) is 89.0 cm³/mol. The van der Waals surface area contributed by atoms with E-state index in [1.54, 1.807) is 32.0 Å². The Kier molecular flexibility index (Phi) is 5.21. The van der Waals surface area contributed by atoms with E-state index in [0.29, 0.717) is 5.39 Å². The lowest BCUT2D eigenvalue weighted by Gasteiger charge is -2.19. The second-order valence-electron chi connectivity index (χ2n) is 5.90. The number of primary amides is 1. The van der Waals surface area contributed by atoms with E-state index in [9.17, 15) is 19.2 Å². The lowest BCUT2D eigenvalue weighted by Crippen LogP contribution is -2.45. The monoisotopic (exact) mass is 346 g/mol. The van der Waals surface area contributed by atoms with Crippen molar-refractivity contribution in [1.29, 1.82) is 0 Å². The number of carbonyl (C=O) groups excluding carboxylic acids is 3. The molecule has 2 aromatic rings. The summed E-state index contributed by atoms with van der Waals surface area (Å²) >= 11 is 0. The van der Waals surface area contributed by atoms with Crippen LogP contribution in [0.5, 0.6) is 0 Å². The summed E-state index contributed by atoms with van der Waals surface area (Å²) < 4.78 is 10.5. The van der Waals surface area contributed by atoms with E-state index in [0.717, 1.165) is 11.6 Å². The highest BCUT2D eigenvalue weighted by molar-refractivity contribution is 5.98. The van der Waals surface area contributed by atoms with E-state index in [-0.39, 0.29) is 11.3 Å². The van der Waals surface area contributed by atoms with Gasteiger partial charge < -0.3 is 14.9 Å². The maximum atomic E-state index is 12.3. The number of hydrogen-bond acceptors (Lipinski definition) is 6. The minimum absolute atomic E-state index is 0.229. The van der Waals surface area contributed by atoms with Gasteiger partial charge in [-0.1, -0.05) is 25.5 Å². The van der Waals surface area contributed by atoms with Crippen molar-refractivity contribution in [2.24, 2.45) is 11.7 Å². The summed E-state index contributed by atoms with van der Waals surface area (Å²) in [4.78, 5) is 47.1. The maximum Gasteiger partial charge on any atom is 0.375 e. The first-order chi connectivity index (χ1) is 11.7. The van der Waals surface area contributed by atoms with Crippen molar-refractivity contribution in [2.45, 2.75) is 26.9 Å². The summed E-state index contributed by atoms with van der Waals surface area (Å²) in [5.74, 6) is -2.61. The van der Waals surface area contributed by atoms with Crippen LogP contribution in [0.1, 0.15) is 30.0 Å². The first kappa shape index (κ1) is 18.2. The van der Waals surface area contributed by atoms with Crippen molar-refractivity contribution in [1.82, 2.24) is 5.32 Å². The minimum Gasteiger partial charge on any atom is -0.449 e. The van der Waals surface area contributed by atoms with Gasteiger partial charge in [-0.15, -0.1) is 0 Å². The molecule has 3 amide bonds. The van der Waals surface area contributed by atoms with Gasteiger partial charge in [0.2, 0.25) is 5.76 Å². The smallest absolute Gasteiger partial charge is 0.375 e. The molecule has 132 valence electrons. The second kappa shape index (κ2) is 7.16. The Labute approximate surface area is 142 Å². The number of benzene rings is 1. The summed E-state index contributed by atoms with van der Waals surface area (Å²) in [6.45, 7) is 5.07.